The first-order valence-corrected chi connectivity index (χ1v) is 4.70. The second kappa shape index (κ2) is 4.99. The highest BCUT2D eigenvalue weighted by Gasteiger charge is 2.21. The number of nitrogens with zero attached hydrogens (tertiary/aromatic N) is 1. The Bertz CT molecular complexity index is 505. The molecule has 0 radical (unpaired) electrons. The lowest BCUT2D eigenvalue weighted by Gasteiger charge is -2.08. The van der Waals surface area contributed by atoms with E-state index in [0.29, 0.717) is 0 Å². The molecule has 1 unspecified atom stereocenters. The van der Waals surface area contributed by atoms with Crippen molar-refractivity contribution in [2.75, 3.05) is 0 Å². The highest BCUT2D eigenvalue weighted by Crippen LogP contribution is 2.29. The summed E-state index contributed by atoms with van der Waals surface area (Å²) in [6, 6.07) is 3.17. The van der Waals surface area contributed by atoms with Crippen LogP contribution >= 0.6 is 0 Å². The Morgan fingerprint density at radius 2 is 2.29 bits per heavy atom. The van der Waals surface area contributed by atoms with E-state index < -0.39 is 28.3 Å². The van der Waals surface area contributed by atoms with E-state index in [0.717, 1.165) is 6.07 Å². The number of carbonyl (C=O) groups excluding carboxylic acids is 1. The van der Waals surface area contributed by atoms with Gasteiger partial charge in [-0.05, 0) is 13.0 Å². The molecule has 2 N–H and O–H groups in total. The van der Waals surface area contributed by atoms with Crippen LogP contribution in [0, 0.1) is 22.5 Å². The van der Waals surface area contributed by atoms with Gasteiger partial charge in [-0.25, -0.2) is 0 Å². The van der Waals surface area contributed by atoms with Crippen LogP contribution in [0.4, 0.5) is 5.69 Å². The third-order valence-electron chi connectivity index (χ3n) is 2.05. The van der Waals surface area contributed by atoms with E-state index in [2.05, 4.69) is 11.2 Å². The van der Waals surface area contributed by atoms with Crippen molar-refractivity contribution in [1.29, 1.82) is 0 Å². The monoisotopic (exact) mass is 234 g/mol. The summed E-state index contributed by atoms with van der Waals surface area (Å²) >= 11 is 0. The smallest absolute Gasteiger partial charge is 0.311 e. The largest absolute Gasteiger partial charge is 0.502 e. The summed E-state index contributed by atoms with van der Waals surface area (Å²) in [7, 11) is 0. The Morgan fingerprint density at radius 3 is 2.82 bits per heavy atom. The number of benzene rings is 1. The molecule has 0 saturated carbocycles. The van der Waals surface area contributed by atoms with Gasteiger partial charge in [-0.15, -0.1) is 6.42 Å². The SMILES string of the molecule is C#CC(C)NC(=O)c1cccc([N+](=O)[O-])c1O. The highest BCUT2D eigenvalue weighted by molar-refractivity contribution is 5.98. The summed E-state index contributed by atoms with van der Waals surface area (Å²) < 4.78 is 0. The van der Waals surface area contributed by atoms with Crippen LogP contribution in [0.2, 0.25) is 0 Å². The summed E-state index contributed by atoms with van der Waals surface area (Å²) in [4.78, 5) is 21.4. The first kappa shape index (κ1) is 12.5. The van der Waals surface area contributed by atoms with Crippen molar-refractivity contribution in [2.24, 2.45) is 0 Å². The van der Waals surface area contributed by atoms with Gasteiger partial charge in [0.2, 0.25) is 5.75 Å². The molecule has 0 heterocycles. The molecule has 1 aromatic carbocycles. The van der Waals surface area contributed by atoms with Crippen molar-refractivity contribution in [3.8, 4) is 18.1 Å². The summed E-state index contributed by atoms with van der Waals surface area (Å²) in [6.45, 7) is 1.58. The third-order valence-corrected chi connectivity index (χ3v) is 2.05. The number of nitrogens with one attached hydrogen (secondary N) is 1. The molecular formula is C11H10N2O4. The number of aromatic hydroxyl groups is 1. The van der Waals surface area contributed by atoms with E-state index >= 15 is 0 Å². The van der Waals surface area contributed by atoms with E-state index in [1.54, 1.807) is 6.92 Å². The maximum Gasteiger partial charge on any atom is 0.311 e. The standard InChI is InChI=1S/C11H10N2O4/c1-3-7(2)12-11(15)8-5-4-6-9(10(8)14)13(16)17/h1,4-7,14H,2H3,(H,12,15). The van der Waals surface area contributed by atoms with Crippen molar-refractivity contribution < 1.29 is 14.8 Å². The second-order valence-corrected chi connectivity index (χ2v) is 3.29. The van der Waals surface area contributed by atoms with Crippen LogP contribution in [0.1, 0.15) is 17.3 Å². The van der Waals surface area contributed by atoms with Crippen LogP contribution in [-0.2, 0) is 0 Å². The predicted molar refractivity (Wildman–Crippen MR) is 60.5 cm³/mol. The van der Waals surface area contributed by atoms with E-state index in [9.17, 15) is 20.0 Å². The van der Waals surface area contributed by atoms with Gasteiger partial charge in [-0.3, -0.25) is 14.9 Å². The van der Waals surface area contributed by atoms with Gasteiger partial charge < -0.3 is 10.4 Å². The van der Waals surface area contributed by atoms with Crippen LogP contribution in [0.5, 0.6) is 5.75 Å². The molecule has 1 amide bonds. The lowest BCUT2D eigenvalue weighted by Crippen LogP contribution is -2.31. The van der Waals surface area contributed by atoms with Crippen LogP contribution in [0.25, 0.3) is 0 Å². The molecule has 1 rings (SSSR count). The quantitative estimate of drug-likeness (QED) is 0.464. The average molecular weight is 234 g/mol. The number of hydrogen-bond acceptors (Lipinski definition) is 4. The van der Waals surface area contributed by atoms with Gasteiger partial charge in [0.1, 0.15) is 0 Å². The van der Waals surface area contributed by atoms with Crippen LogP contribution in [0.15, 0.2) is 18.2 Å². The molecule has 1 aromatic rings. The van der Waals surface area contributed by atoms with Gasteiger partial charge in [0.15, 0.2) is 0 Å². The molecule has 0 fully saturated rings. The molecule has 0 aliphatic heterocycles. The Balaban J connectivity index is 3.08. The molecule has 0 aliphatic carbocycles. The van der Waals surface area contributed by atoms with Gasteiger partial charge in [0, 0.05) is 6.07 Å². The number of carbonyl (C=O) groups is 1. The minimum Gasteiger partial charge on any atom is -0.502 e. The number of para-hydroxylation sites is 1. The second-order valence-electron chi connectivity index (χ2n) is 3.29. The minimum atomic E-state index is -0.767. The number of phenols is 1. The topological polar surface area (TPSA) is 92.5 Å². The summed E-state index contributed by atoms with van der Waals surface area (Å²) in [6.07, 6.45) is 5.08. The number of nitro benzene ring substituents is 1. The first-order valence-electron chi connectivity index (χ1n) is 4.70. The normalized spacial score (nSPS) is 11.3. The van der Waals surface area contributed by atoms with Crippen molar-refractivity contribution in [1.82, 2.24) is 5.32 Å². The maximum atomic E-state index is 11.6. The molecule has 17 heavy (non-hydrogen) atoms. The molecule has 0 spiro atoms. The van der Waals surface area contributed by atoms with E-state index in [4.69, 9.17) is 6.42 Å². The van der Waals surface area contributed by atoms with Crippen molar-refractivity contribution in [2.45, 2.75) is 13.0 Å². The van der Waals surface area contributed by atoms with Gasteiger partial charge in [0.05, 0.1) is 16.5 Å². The number of amides is 1. The number of terminal acetylenes is 1. The third kappa shape index (κ3) is 2.72. The van der Waals surface area contributed by atoms with Crippen LogP contribution in [-0.4, -0.2) is 22.0 Å². The summed E-state index contributed by atoms with van der Waals surface area (Å²) in [5, 5.41) is 22.5. The van der Waals surface area contributed by atoms with Gasteiger partial charge >= 0.3 is 5.69 Å². The van der Waals surface area contributed by atoms with E-state index in [1.165, 1.54) is 12.1 Å². The Kier molecular flexibility index (Phi) is 3.67. The zero-order chi connectivity index (χ0) is 13.0. The van der Waals surface area contributed by atoms with Crippen molar-refractivity contribution in [3.63, 3.8) is 0 Å². The van der Waals surface area contributed by atoms with E-state index in [1.807, 2.05) is 0 Å². The van der Waals surface area contributed by atoms with Crippen molar-refractivity contribution >= 4 is 11.6 Å². The molecular weight excluding hydrogens is 224 g/mol. The van der Waals surface area contributed by atoms with Crippen LogP contribution < -0.4 is 5.32 Å². The zero-order valence-corrected chi connectivity index (χ0v) is 9.01. The predicted octanol–water partition coefficient (Wildman–Crippen LogP) is 1.05. The fourth-order valence-electron chi connectivity index (χ4n) is 1.18. The molecule has 88 valence electrons. The first-order chi connectivity index (χ1) is 7.97. The summed E-state index contributed by atoms with van der Waals surface area (Å²) in [5.74, 6) is 0.952. The van der Waals surface area contributed by atoms with Crippen LogP contribution in [0.3, 0.4) is 0 Å². The van der Waals surface area contributed by atoms with Gasteiger partial charge in [-0.2, -0.15) is 0 Å². The zero-order valence-electron chi connectivity index (χ0n) is 9.01. The van der Waals surface area contributed by atoms with Gasteiger partial charge in [-0.1, -0.05) is 12.0 Å². The Labute approximate surface area is 97.4 Å². The molecule has 0 bridgehead atoms. The maximum absolute atomic E-state index is 11.6. The average Bonchev–Trinajstić information content (AvgIpc) is 2.28. The molecule has 0 aliphatic rings. The van der Waals surface area contributed by atoms with Crippen molar-refractivity contribution in [3.05, 3.63) is 33.9 Å². The molecule has 6 nitrogen and oxygen atoms in total. The van der Waals surface area contributed by atoms with Gasteiger partial charge in [0.25, 0.3) is 5.91 Å². The fraction of sp³-hybridized carbons (Fsp3) is 0.182. The molecule has 1 atom stereocenters. The molecule has 6 heteroatoms. The summed E-state index contributed by atoms with van der Waals surface area (Å²) in [5.41, 5.74) is -0.702. The lowest BCUT2D eigenvalue weighted by molar-refractivity contribution is -0.385. The number of phenolic OH excluding ortho intramolecular Hbond substituents is 1. The lowest BCUT2D eigenvalue weighted by atomic mass is 10.1. The number of nitro groups is 1. The number of hydrogen-bond donors (Lipinski definition) is 2. The van der Waals surface area contributed by atoms with E-state index in [-0.39, 0.29) is 5.56 Å². The highest BCUT2D eigenvalue weighted by atomic mass is 16.6. The number of rotatable bonds is 3. The fourth-order valence-corrected chi connectivity index (χ4v) is 1.18. The molecule has 0 aromatic heterocycles. The minimum absolute atomic E-state index is 0.179. The molecule has 0 saturated heterocycles. The Hall–Kier alpha value is -2.55. The Morgan fingerprint density at radius 1 is 1.65 bits per heavy atom.